The molecule has 142 valence electrons. The van der Waals surface area contributed by atoms with Gasteiger partial charge in [0.1, 0.15) is 5.75 Å². The van der Waals surface area contributed by atoms with Crippen LogP contribution in [0.25, 0.3) is 6.08 Å². The fourth-order valence-electron chi connectivity index (χ4n) is 2.33. The van der Waals surface area contributed by atoms with Crippen LogP contribution in [0.4, 0.5) is 5.69 Å². The Morgan fingerprint density at radius 3 is 2.64 bits per heavy atom. The first-order valence-electron chi connectivity index (χ1n) is 8.15. The van der Waals surface area contributed by atoms with Gasteiger partial charge in [0.05, 0.1) is 4.92 Å². The molecule has 1 aliphatic heterocycles. The summed E-state index contributed by atoms with van der Waals surface area (Å²) in [6.45, 7) is 1.68. The lowest BCUT2D eigenvalue weighted by Gasteiger charge is -2.07. The van der Waals surface area contributed by atoms with Gasteiger partial charge in [0.15, 0.2) is 5.70 Å². The van der Waals surface area contributed by atoms with E-state index in [2.05, 4.69) is 20.9 Å². The molecule has 1 aliphatic rings. The molecule has 2 aromatic carbocycles. The minimum Gasteiger partial charge on any atom is -0.426 e. The maximum Gasteiger partial charge on any atom is 0.363 e. The van der Waals surface area contributed by atoms with Gasteiger partial charge in [-0.25, -0.2) is 9.79 Å². The predicted octanol–water partition coefficient (Wildman–Crippen LogP) is 4.02. The summed E-state index contributed by atoms with van der Waals surface area (Å²) in [6.07, 6.45) is 1.65. The van der Waals surface area contributed by atoms with Gasteiger partial charge < -0.3 is 9.47 Å². The van der Waals surface area contributed by atoms with Gasteiger partial charge >= 0.3 is 11.9 Å². The number of hydrogen-bond donors (Lipinski definition) is 0. The van der Waals surface area contributed by atoms with Crippen molar-refractivity contribution >= 4 is 45.5 Å². The Morgan fingerprint density at radius 1 is 1.29 bits per heavy atom. The van der Waals surface area contributed by atoms with E-state index >= 15 is 0 Å². The molecule has 9 heteroatoms. The second-order valence-electron chi connectivity index (χ2n) is 5.65. The number of nitro benzene ring substituents is 1. The lowest BCUT2D eigenvalue weighted by Crippen LogP contribution is -2.07. The minimum absolute atomic E-state index is 0.0141. The molecule has 8 nitrogen and oxygen atoms in total. The molecule has 0 aliphatic carbocycles. The lowest BCUT2D eigenvalue weighted by atomic mass is 10.1. The fraction of sp³-hybridized carbons (Fsp3) is 0.105. The Balaban J connectivity index is 1.94. The first kappa shape index (κ1) is 19.4. The molecule has 3 rings (SSSR count). The van der Waals surface area contributed by atoms with Crippen LogP contribution in [0.2, 0.25) is 0 Å². The zero-order chi connectivity index (χ0) is 20.3. The van der Waals surface area contributed by atoms with E-state index in [1.54, 1.807) is 25.1 Å². The SMILES string of the molecule is CCC(=O)Oc1ccc(Br)cc1/C=C1\N=C(c2ccc([N+](=O)[O-])cc2)OC1=O. The number of aliphatic imine (C=N–C) groups is 1. The largest absolute Gasteiger partial charge is 0.426 e. The van der Waals surface area contributed by atoms with Gasteiger partial charge in [-0.1, -0.05) is 22.9 Å². The van der Waals surface area contributed by atoms with Crippen molar-refractivity contribution in [2.45, 2.75) is 13.3 Å². The zero-order valence-electron chi connectivity index (χ0n) is 14.5. The molecule has 28 heavy (non-hydrogen) atoms. The lowest BCUT2D eigenvalue weighted by molar-refractivity contribution is -0.384. The second kappa shape index (κ2) is 8.13. The number of esters is 2. The van der Waals surface area contributed by atoms with Crippen LogP contribution in [0, 0.1) is 10.1 Å². The smallest absolute Gasteiger partial charge is 0.363 e. The highest BCUT2D eigenvalue weighted by Gasteiger charge is 2.25. The number of carbonyl (C=O) groups excluding carboxylic acids is 2. The highest BCUT2D eigenvalue weighted by molar-refractivity contribution is 9.10. The number of nitrogens with zero attached hydrogens (tertiary/aromatic N) is 2. The molecule has 0 bridgehead atoms. The molecule has 0 spiro atoms. The van der Waals surface area contributed by atoms with Gasteiger partial charge in [-0.05, 0) is 36.4 Å². The van der Waals surface area contributed by atoms with E-state index in [-0.39, 0.29) is 29.5 Å². The van der Waals surface area contributed by atoms with E-state index in [9.17, 15) is 19.7 Å². The first-order valence-corrected chi connectivity index (χ1v) is 8.94. The van der Waals surface area contributed by atoms with Crippen molar-refractivity contribution in [3.8, 4) is 5.75 Å². The Hall–Kier alpha value is -3.33. The Morgan fingerprint density at radius 2 is 2.00 bits per heavy atom. The number of nitro groups is 1. The van der Waals surface area contributed by atoms with Crippen molar-refractivity contribution in [1.29, 1.82) is 0 Å². The Labute approximate surface area is 167 Å². The summed E-state index contributed by atoms with van der Waals surface area (Å²) in [5.41, 5.74) is 0.826. The third kappa shape index (κ3) is 4.32. The van der Waals surface area contributed by atoms with Gasteiger partial charge in [0.2, 0.25) is 5.90 Å². The summed E-state index contributed by atoms with van der Waals surface area (Å²) in [6, 6.07) is 10.5. The molecule has 2 aromatic rings. The molecule has 0 N–H and O–H groups in total. The Bertz CT molecular complexity index is 1030. The van der Waals surface area contributed by atoms with Crippen molar-refractivity contribution < 1.29 is 24.0 Å². The third-order valence-corrected chi connectivity index (χ3v) is 4.22. The quantitative estimate of drug-likeness (QED) is 0.226. The minimum atomic E-state index is -0.680. The highest BCUT2D eigenvalue weighted by atomic mass is 79.9. The zero-order valence-corrected chi connectivity index (χ0v) is 16.1. The summed E-state index contributed by atoms with van der Waals surface area (Å²) in [4.78, 5) is 38.2. The molecule has 1 heterocycles. The van der Waals surface area contributed by atoms with Crippen molar-refractivity contribution in [2.24, 2.45) is 4.99 Å². The standard InChI is InChI=1S/C19H13BrN2O6/c1-2-17(23)27-16-8-5-13(20)9-12(16)10-15-19(24)28-18(21-15)11-3-6-14(7-4-11)22(25)26/h3-10H,2H2,1H3/b15-10-. The number of hydrogen-bond acceptors (Lipinski definition) is 7. The molecule has 0 atom stereocenters. The van der Waals surface area contributed by atoms with Crippen LogP contribution in [0.3, 0.4) is 0 Å². The van der Waals surface area contributed by atoms with Crippen LogP contribution in [-0.2, 0) is 14.3 Å². The van der Waals surface area contributed by atoms with E-state index in [1.165, 1.54) is 30.3 Å². The molecular weight excluding hydrogens is 432 g/mol. The molecule has 0 amide bonds. The molecule has 0 radical (unpaired) electrons. The van der Waals surface area contributed by atoms with Gasteiger partial charge in [-0.15, -0.1) is 0 Å². The van der Waals surface area contributed by atoms with Crippen LogP contribution in [0.1, 0.15) is 24.5 Å². The average molecular weight is 445 g/mol. The van der Waals surface area contributed by atoms with Gasteiger partial charge in [0, 0.05) is 34.2 Å². The van der Waals surface area contributed by atoms with E-state index in [0.29, 0.717) is 11.1 Å². The summed E-state index contributed by atoms with van der Waals surface area (Å²) < 4.78 is 11.2. The molecule has 0 aromatic heterocycles. The molecule has 0 saturated carbocycles. The summed E-state index contributed by atoms with van der Waals surface area (Å²) in [7, 11) is 0. The van der Waals surface area contributed by atoms with Crippen LogP contribution < -0.4 is 4.74 Å². The van der Waals surface area contributed by atoms with Crippen molar-refractivity contribution in [2.75, 3.05) is 0 Å². The summed E-state index contributed by atoms with van der Waals surface area (Å²) in [5.74, 6) is -0.769. The number of non-ortho nitro benzene ring substituents is 1. The van der Waals surface area contributed by atoms with Crippen LogP contribution >= 0.6 is 15.9 Å². The number of cyclic esters (lactones) is 1. The average Bonchev–Trinajstić information content (AvgIpc) is 3.04. The van der Waals surface area contributed by atoms with E-state index < -0.39 is 16.9 Å². The number of benzene rings is 2. The first-order chi connectivity index (χ1) is 13.4. The topological polar surface area (TPSA) is 108 Å². The fourth-order valence-corrected chi connectivity index (χ4v) is 2.70. The number of ether oxygens (including phenoxy) is 2. The van der Waals surface area contributed by atoms with Crippen LogP contribution in [-0.4, -0.2) is 22.8 Å². The molecule has 0 fully saturated rings. The molecule has 0 saturated heterocycles. The maximum absolute atomic E-state index is 12.2. The second-order valence-corrected chi connectivity index (χ2v) is 6.57. The number of carbonyl (C=O) groups is 2. The predicted molar refractivity (Wildman–Crippen MR) is 104 cm³/mol. The monoisotopic (exact) mass is 444 g/mol. The van der Waals surface area contributed by atoms with Gasteiger partial charge in [0.25, 0.3) is 5.69 Å². The summed E-state index contributed by atoms with van der Waals surface area (Å²) in [5, 5.41) is 10.7. The third-order valence-electron chi connectivity index (χ3n) is 3.72. The molecule has 0 unspecified atom stereocenters. The van der Waals surface area contributed by atoms with Gasteiger partial charge in [-0.3, -0.25) is 14.9 Å². The highest BCUT2D eigenvalue weighted by Crippen LogP contribution is 2.28. The molecular formula is C19H13BrN2O6. The normalized spacial score (nSPS) is 14.6. The van der Waals surface area contributed by atoms with Crippen molar-refractivity contribution in [3.05, 3.63) is 73.9 Å². The number of rotatable bonds is 5. The van der Waals surface area contributed by atoms with Crippen molar-refractivity contribution in [3.63, 3.8) is 0 Å². The maximum atomic E-state index is 12.2. The number of halogens is 1. The van der Waals surface area contributed by atoms with E-state index in [1.807, 2.05) is 0 Å². The van der Waals surface area contributed by atoms with E-state index in [4.69, 9.17) is 9.47 Å². The van der Waals surface area contributed by atoms with Crippen LogP contribution in [0.5, 0.6) is 5.75 Å². The van der Waals surface area contributed by atoms with Gasteiger partial charge in [-0.2, -0.15) is 0 Å². The van der Waals surface area contributed by atoms with Crippen molar-refractivity contribution in [1.82, 2.24) is 0 Å². The summed E-state index contributed by atoms with van der Waals surface area (Å²) >= 11 is 3.33. The van der Waals surface area contributed by atoms with E-state index in [0.717, 1.165) is 4.47 Å². The van der Waals surface area contributed by atoms with Crippen LogP contribution in [0.15, 0.2) is 57.6 Å². The Kier molecular flexibility index (Phi) is 5.65.